The predicted octanol–water partition coefficient (Wildman–Crippen LogP) is 3.21. The molecule has 94 valence electrons. The van der Waals surface area contributed by atoms with Gasteiger partial charge in [-0.1, -0.05) is 25.3 Å². The minimum atomic E-state index is -0.290. The van der Waals surface area contributed by atoms with Crippen LogP contribution in [0.5, 0.6) is 5.75 Å². The van der Waals surface area contributed by atoms with Crippen molar-refractivity contribution in [1.29, 1.82) is 0 Å². The Morgan fingerprint density at radius 2 is 2.00 bits per heavy atom. The van der Waals surface area contributed by atoms with Gasteiger partial charge in [0, 0.05) is 6.04 Å². The first-order valence-electron chi connectivity index (χ1n) is 6.31. The molecule has 0 heterocycles. The minimum Gasteiger partial charge on any atom is -0.494 e. The molecule has 0 aliphatic heterocycles. The zero-order valence-corrected chi connectivity index (χ0v) is 10.3. The number of nitrogens with two attached hydrogens (primary N) is 1. The molecular formula is C14H20FNO. The van der Waals surface area contributed by atoms with Crippen LogP contribution in [0.25, 0.3) is 0 Å². The quantitative estimate of drug-likeness (QED) is 0.802. The van der Waals surface area contributed by atoms with Gasteiger partial charge in [-0.2, -0.15) is 0 Å². The molecule has 2 atom stereocenters. The average Bonchev–Trinajstić information content (AvgIpc) is 2.54. The summed E-state index contributed by atoms with van der Waals surface area (Å²) < 4.78 is 18.6. The van der Waals surface area contributed by atoms with E-state index in [9.17, 15) is 4.39 Å². The van der Waals surface area contributed by atoms with Gasteiger partial charge in [-0.15, -0.1) is 0 Å². The Bertz CT molecular complexity index is 380. The second-order valence-electron chi connectivity index (χ2n) is 4.80. The van der Waals surface area contributed by atoms with Gasteiger partial charge >= 0.3 is 0 Å². The van der Waals surface area contributed by atoms with Crippen LogP contribution in [0.15, 0.2) is 18.2 Å². The molecule has 0 spiro atoms. The summed E-state index contributed by atoms with van der Waals surface area (Å²) in [6.45, 7) is 0. The van der Waals surface area contributed by atoms with Gasteiger partial charge in [-0.05, 0) is 36.5 Å². The van der Waals surface area contributed by atoms with E-state index in [-0.39, 0.29) is 17.8 Å². The Kier molecular flexibility index (Phi) is 4.00. The maximum Gasteiger partial charge on any atom is 0.165 e. The summed E-state index contributed by atoms with van der Waals surface area (Å²) in [5, 5.41) is 0. The van der Waals surface area contributed by atoms with E-state index in [0.29, 0.717) is 5.75 Å². The van der Waals surface area contributed by atoms with Crippen molar-refractivity contribution >= 4 is 0 Å². The van der Waals surface area contributed by atoms with Crippen molar-refractivity contribution in [1.82, 2.24) is 0 Å². The van der Waals surface area contributed by atoms with Crippen molar-refractivity contribution in [2.45, 2.75) is 44.1 Å². The maximum atomic E-state index is 13.7. The third kappa shape index (κ3) is 2.78. The molecule has 0 amide bonds. The number of methoxy groups -OCH3 is 1. The van der Waals surface area contributed by atoms with Gasteiger partial charge in [0.2, 0.25) is 0 Å². The number of halogens is 1. The molecule has 0 aromatic heterocycles. The van der Waals surface area contributed by atoms with Crippen molar-refractivity contribution in [3.05, 3.63) is 29.6 Å². The van der Waals surface area contributed by atoms with Crippen LogP contribution >= 0.6 is 0 Å². The largest absolute Gasteiger partial charge is 0.494 e. The van der Waals surface area contributed by atoms with Gasteiger partial charge in [-0.25, -0.2) is 4.39 Å². The second kappa shape index (κ2) is 5.50. The summed E-state index contributed by atoms with van der Waals surface area (Å²) in [6.07, 6.45) is 5.72. The fourth-order valence-corrected chi connectivity index (χ4v) is 2.66. The van der Waals surface area contributed by atoms with Gasteiger partial charge in [0.15, 0.2) is 11.6 Å². The molecule has 1 saturated carbocycles. The first-order chi connectivity index (χ1) is 8.22. The van der Waals surface area contributed by atoms with Gasteiger partial charge in [0.25, 0.3) is 0 Å². The molecule has 0 bridgehead atoms. The summed E-state index contributed by atoms with van der Waals surface area (Å²) in [6, 6.07) is 5.37. The zero-order chi connectivity index (χ0) is 12.3. The van der Waals surface area contributed by atoms with Gasteiger partial charge in [0.1, 0.15) is 0 Å². The van der Waals surface area contributed by atoms with Crippen LogP contribution in [-0.4, -0.2) is 13.2 Å². The van der Waals surface area contributed by atoms with E-state index in [2.05, 4.69) is 0 Å². The van der Waals surface area contributed by atoms with Crippen LogP contribution in [0, 0.1) is 5.82 Å². The average molecular weight is 237 g/mol. The van der Waals surface area contributed by atoms with Crippen molar-refractivity contribution in [3.8, 4) is 5.75 Å². The van der Waals surface area contributed by atoms with Crippen LogP contribution in [0.3, 0.4) is 0 Å². The van der Waals surface area contributed by atoms with Crippen molar-refractivity contribution in [2.75, 3.05) is 7.11 Å². The lowest BCUT2D eigenvalue weighted by Gasteiger charge is -2.22. The lowest BCUT2D eigenvalue weighted by molar-refractivity contribution is 0.385. The van der Waals surface area contributed by atoms with E-state index in [0.717, 1.165) is 18.4 Å². The molecule has 2 rings (SSSR count). The van der Waals surface area contributed by atoms with Crippen molar-refractivity contribution in [3.63, 3.8) is 0 Å². The maximum absolute atomic E-state index is 13.7. The summed E-state index contributed by atoms with van der Waals surface area (Å²) in [5.41, 5.74) is 7.19. The molecular weight excluding hydrogens is 217 g/mol. The first kappa shape index (κ1) is 12.4. The molecule has 1 fully saturated rings. The molecule has 1 aromatic carbocycles. The standard InChI is InChI=1S/C14H20FNO/c1-17-14-8-7-10(9-12(14)15)11-5-3-2-4-6-13(11)16/h7-9,11,13H,2-6,16H2,1H3. The summed E-state index contributed by atoms with van der Waals surface area (Å²) >= 11 is 0. The molecule has 1 aliphatic rings. The fraction of sp³-hybridized carbons (Fsp3) is 0.571. The highest BCUT2D eigenvalue weighted by molar-refractivity contribution is 5.32. The van der Waals surface area contributed by atoms with Crippen LogP contribution in [0.4, 0.5) is 4.39 Å². The lowest BCUT2D eigenvalue weighted by atomic mass is 9.88. The van der Waals surface area contributed by atoms with Crippen molar-refractivity contribution in [2.24, 2.45) is 5.73 Å². The Morgan fingerprint density at radius 3 is 2.71 bits per heavy atom. The zero-order valence-electron chi connectivity index (χ0n) is 10.3. The van der Waals surface area contributed by atoms with Crippen LogP contribution in [0.2, 0.25) is 0 Å². The van der Waals surface area contributed by atoms with E-state index >= 15 is 0 Å². The Labute approximate surface area is 102 Å². The van der Waals surface area contributed by atoms with Crippen molar-refractivity contribution < 1.29 is 9.13 Å². The molecule has 0 radical (unpaired) electrons. The molecule has 17 heavy (non-hydrogen) atoms. The molecule has 1 aliphatic carbocycles. The summed E-state index contributed by atoms with van der Waals surface area (Å²) in [7, 11) is 1.48. The predicted molar refractivity (Wildman–Crippen MR) is 66.8 cm³/mol. The topological polar surface area (TPSA) is 35.2 Å². The highest BCUT2D eigenvalue weighted by Crippen LogP contribution is 2.32. The van der Waals surface area contributed by atoms with Crippen LogP contribution in [-0.2, 0) is 0 Å². The molecule has 0 saturated heterocycles. The number of benzene rings is 1. The molecule has 3 heteroatoms. The van der Waals surface area contributed by atoms with Gasteiger partial charge in [-0.3, -0.25) is 0 Å². The van der Waals surface area contributed by atoms with E-state index < -0.39 is 0 Å². The smallest absolute Gasteiger partial charge is 0.165 e. The van der Waals surface area contributed by atoms with Gasteiger partial charge < -0.3 is 10.5 Å². The highest BCUT2D eigenvalue weighted by Gasteiger charge is 2.22. The molecule has 2 unspecified atom stereocenters. The number of rotatable bonds is 2. The molecule has 1 aromatic rings. The minimum absolute atomic E-state index is 0.158. The first-order valence-corrected chi connectivity index (χ1v) is 6.31. The van der Waals surface area contributed by atoms with Gasteiger partial charge in [0.05, 0.1) is 7.11 Å². The highest BCUT2D eigenvalue weighted by atomic mass is 19.1. The Morgan fingerprint density at radius 1 is 1.24 bits per heavy atom. The van der Waals surface area contributed by atoms with E-state index in [1.54, 1.807) is 12.1 Å². The Balaban J connectivity index is 2.22. The SMILES string of the molecule is COc1ccc(C2CCCCCC2N)cc1F. The Hall–Kier alpha value is -1.09. The number of hydrogen-bond acceptors (Lipinski definition) is 2. The molecule has 2 N–H and O–H groups in total. The van der Waals surface area contributed by atoms with E-state index in [1.807, 2.05) is 6.07 Å². The van der Waals surface area contributed by atoms with Crippen LogP contribution < -0.4 is 10.5 Å². The van der Waals surface area contributed by atoms with Crippen LogP contribution in [0.1, 0.15) is 43.6 Å². The second-order valence-corrected chi connectivity index (χ2v) is 4.80. The normalized spacial score (nSPS) is 25.4. The monoisotopic (exact) mass is 237 g/mol. The summed E-state index contributed by atoms with van der Waals surface area (Å²) in [5.74, 6) is 0.301. The third-order valence-electron chi connectivity index (χ3n) is 3.67. The third-order valence-corrected chi connectivity index (χ3v) is 3.67. The molecule has 2 nitrogen and oxygen atoms in total. The lowest BCUT2D eigenvalue weighted by Crippen LogP contribution is -2.27. The summed E-state index contributed by atoms with van der Waals surface area (Å²) in [4.78, 5) is 0. The number of hydrogen-bond donors (Lipinski definition) is 1. The van der Waals surface area contributed by atoms with E-state index in [1.165, 1.54) is 26.4 Å². The van der Waals surface area contributed by atoms with E-state index in [4.69, 9.17) is 10.5 Å². The fourth-order valence-electron chi connectivity index (χ4n) is 2.66. The number of ether oxygens (including phenoxy) is 1.